The third-order valence-electron chi connectivity index (χ3n) is 2.84. The molecule has 1 rings (SSSR count). The smallest absolute Gasteiger partial charge is 0.119 e. The number of ether oxygens (including phenoxy) is 1. The summed E-state index contributed by atoms with van der Waals surface area (Å²) in [4.78, 5) is 0. The van der Waals surface area contributed by atoms with Crippen LogP contribution in [-0.2, 0) is 0 Å². The molecule has 2 heteroatoms. The third kappa shape index (κ3) is 6.11. The van der Waals surface area contributed by atoms with Crippen molar-refractivity contribution >= 4 is 15.9 Å². The van der Waals surface area contributed by atoms with E-state index in [1.54, 1.807) is 0 Å². The summed E-state index contributed by atoms with van der Waals surface area (Å²) < 4.78 is 5.71. The molecule has 0 aromatic heterocycles. The van der Waals surface area contributed by atoms with Gasteiger partial charge in [-0.2, -0.15) is 0 Å². The molecule has 0 radical (unpaired) electrons. The van der Waals surface area contributed by atoms with Crippen LogP contribution >= 0.6 is 15.9 Å². The maximum atomic E-state index is 5.71. The Kier molecular flexibility index (Phi) is 7.34. The Morgan fingerprint density at radius 3 is 2.24 bits per heavy atom. The second kappa shape index (κ2) is 8.57. The highest BCUT2D eigenvalue weighted by atomic mass is 79.9. The molecule has 1 aromatic rings. The van der Waals surface area contributed by atoms with Crippen LogP contribution in [0.5, 0.6) is 5.75 Å². The van der Waals surface area contributed by atoms with Crippen LogP contribution in [0.4, 0.5) is 0 Å². The van der Waals surface area contributed by atoms with Crippen LogP contribution in [0.3, 0.4) is 0 Å². The van der Waals surface area contributed by atoms with Crippen molar-refractivity contribution in [3.05, 3.63) is 29.8 Å². The molecule has 17 heavy (non-hydrogen) atoms. The van der Waals surface area contributed by atoms with E-state index in [0.717, 1.165) is 24.1 Å². The van der Waals surface area contributed by atoms with E-state index in [1.165, 1.54) is 24.8 Å². The monoisotopic (exact) mass is 298 g/mol. The van der Waals surface area contributed by atoms with Crippen LogP contribution in [0.1, 0.15) is 51.0 Å². The van der Waals surface area contributed by atoms with E-state index >= 15 is 0 Å². The Bertz CT molecular complexity index is 292. The zero-order valence-electron chi connectivity index (χ0n) is 10.9. The minimum Gasteiger partial charge on any atom is -0.494 e. The molecule has 0 atom stereocenters. The molecule has 0 aliphatic heterocycles. The average Bonchev–Trinajstić information content (AvgIpc) is 2.34. The highest BCUT2D eigenvalue weighted by Crippen LogP contribution is 2.18. The lowest BCUT2D eigenvalue weighted by Gasteiger charge is -2.08. The maximum absolute atomic E-state index is 5.71. The van der Waals surface area contributed by atoms with Gasteiger partial charge in [-0.15, -0.1) is 0 Å². The highest BCUT2D eigenvalue weighted by Gasteiger charge is 1.99. The standard InChI is InChI=1S/C15H23BrO/c1-13(2)14-7-9-15(10-8-14)17-12-6-4-3-5-11-16/h7-10,13H,3-6,11-12H2,1-2H3. The number of unbranched alkanes of at least 4 members (excludes halogenated alkanes) is 3. The molecule has 1 aromatic carbocycles. The number of halogens is 1. The highest BCUT2D eigenvalue weighted by molar-refractivity contribution is 9.09. The second-order valence-electron chi connectivity index (χ2n) is 4.68. The minimum atomic E-state index is 0.591. The van der Waals surface area contributed by atoms with Gasteiger partial charge in [-0.3, -0.25) is 0 Å². The van der Waals surface area contributed by atoms with Crippen molar-refractivity contribution in [2.24, 2.45) is 0 Å². The van der Waals surface area contributed by atoms with E-state index in [4.69, 9.17) is 4.74 Å². The van der Waals surface area contributed by atoms with E-state index in [2.05, 4.69) is 54.0 Å². The van der Waals surface area contributed by atoms with Gasteiger partial charge in [0.2, 0.25) is 0 Å². The van der Waals surface area contributed by atoms with Gasteiger partial charge in [0.05, 0.1) is 6.61 Å². The van der Waals surface area contributed by atoms with Gasteiger partial charge in [-0.25, -0.2) is 0 Å². The summed E-state index contributed by atoms with van der Waals surface area (Å²) in [6.07, 6.45) is 4.97. The van der Waals surface area contributed by atoms with Crippen molar-refractivity contribution < 1.29 is 4.74 Å². The fraction of sp³-hybridized carbons (Fsp3) is 0.600. The SMILES string of the molecule is CC(C)c1ccc(OCCCCCCBr)cc1. The zero-order valence-corrected chi connectivity index (χ0v) is 12.5. The summed E-state index contributed by atoms with van der Waals surface area (Å²) in [6.45, 7) is 5.25. The van der Waals surface area contributed by atoms with Crippen molar-refractivity contribution in [3.8, 4) is 5.75 Å². The molecular formula is C15H23BrO. The Hall–Kier alpha value is -0.500. The molecule has 0 saturated heterocycles. The fourth-order valence-electron chi connectivity index (χ4n) is 1.69. The topological polar surface area (TPSA) is 9.23 Å². The van der Waals surface area contributed by atoms with Crippen LogP contribution in [-0.4, -0.2) is 11.9 Å². The quantitative estimate of drug-likeness (QED) is 0.477. The van der Waals surface area contributed by atoms with E-state index < -0.39 is 0 Å². The van der Waals surface area contributed by atoms with Crippen molar-refractivity contribution in [1.29, 1.82) is 0 Å². The normalized spacial score (nSPS) is 10.8. The lowest BCUT2D eigenvalue weighted by Crippen LogP contribution is -1.97. The largest absolute Gasteiger partial charge is 0.494 e. The lowest BCUT2D eigenvalue weighted by atomic mass is 10.0. The predicted molar refractivity (Wildman–Crippen MR) is 78.3 cm³/mol. The van der Waals surface area contributed by atoms with Crippen molar-refractivity contribution in [3.63, 3.8) is 0 Å². The van der Waals surface area contributed by atoms with E-state index in [1.807, 2.05) is 0 Å². The molecule has 0 aliphatic carbocycles. The molecule has 0 aliphatic rings. The molecule has 0 spiro atoms. The maximum Gasteiger partial charge on any atom is 0.119 e. The number of benzene rings is 1. The Morgan fingerprint density at radius 2 is 1.65 bits per heavy atom. The number of rotatable bonds is 8. The zero-order chi connectivity index (χ0) is 12.5. The van der Waals surface area contributed by atoms with Gasteiger partial charge in [0.25, 0.3) is 0 Å². The molecule has 0 saturated carbocycles. The van der Waals surface area contributed by atoms with E-state index in [0.29, 0.717) is 5.92 Å². The van der Waals surface area contributed by atoms with Gasteiger partial charge >= 0.3 is 0 Å². The van der Waals surface area contributed by atoms with Crippen LogP contribution in [0, 0.1) is 0 Å². The van der Waals surface area contributed by atoms with Gasteiger partial charge in [-0.1, -0.05) is 54.8 Å². The number of alkyl halides is 1. The molecular weight excluding hydrogens is 276 g/mol. The summed E-state index contributed by atoms with van der Waals surface area (Å²) in [6, 6.07) is 8.47. The first-order chi connectivity index (χ1) is 8.24. The first-order valence-corrected chi connectivity index (χ1v) is 7.65. The molecule has 0 heterocycles. The summed E-state index contributed by atoms with van der Waals surface area (Å²) >= 11 is 3.44. The minimum absolute atomic E-state index is 0.591. The molecule has 0 bridgehead atoms. The first-order valence-electron chi connectivity index (χ1n) is 6.52. The molecule has 0 fully saturated rings. The van der Waals surface area contributed by atoms with Crippen molar-refractivity contribution in [2.45, 2.75) is 45.4 Å². The second-order valence-corrected chi connectivity index (χ2v) is 5.47. The van der Waals surface area contributed by atoms with E-state index in [9.17, 15) is 0 Å². The summed E-state index contributed by atoms with van der Waals surface area (Å²) in [5, 5.41) is 1.12. The van der Waals surface area contributed by atoms with Gasteiger partial charge in [-0.05, 0) is 36.5 Å². The van der Waals surface area contributed by atoms with E-state index in [-0.39, 0.29) is 0 Å². The Morgan fingerprint density at radius 1 is 1.00 bits per heavy atom. The van der Waals surface area contributed by atoms with Gasteiger partial charge < -0.3 is 4.74 Å². The summed E-state index contributed by atoms with van der Waals surface area (Å²) in [5.41, 5.74) is 1.37. The Balaban J connectivity index is 2.19. The number of hydrogen-bond acceptors (Lipinski definition) is 1. The summed E-state index contributed by atoms with van der Waals surface area (Å²) in [7, 11) is 0. The predicted octanol–water partition coefficient (Wildman–Crippen LogP) is 5.14. The molecule has 96 valence electrons. The van der Waals surface area contributed by atoms with Crippen molar-refractivity contribution in [2.75, 3.05) is 11.9 Å². The van der Waals surface area contributed by atoms with Crippen molar-refractivity contribution in [1.82, 2.24) is 0 Å². The van der Waals surface area contributed by atoms with Gasteiger partial charge in [0, 0.05) is 5.33 Å². The molecule has 1 nitrogen and oxygen atoms in total. The Labute approximate surface area is 114 Å². The molecule has 0 amide bonds. The first kappa shape index (κ1) is 14.6. The van der Waals surface area contributed by atoms with Gasteiger partial charge in [0.1, 0.15) is 5.75 Å². The molecule has 0 unspecified atom stereocenters. The lowest BCUT2D eigenvalue weighted by molar-refractivity contribution is 0.305. The van der Waals surface area contributed by atoms with Crippen LogP contribution in [0.2, 0.25) is 0 Å². The van der Waals surface area contributed by atoms with Gasteiger partial charge in [0.15, 0.2) is 0 Å². The van der Waals surface area contributed by atoms with Crippen LogP contribution in [0.25, 0.3) is 0 Å². The average molecular weight is 299 g/mol. The number of hydrogen-bond donors (Lipinski definition) is 0. The fourth-order valence-corrected chi connectivity index (χ4v) is 2.09. The van der Waals surface area contributed by atoms with Crippen LogP contribution < -0.4 is 4.74 Å². The molecule has 0 N–H and O–H groups in total. The summed E-state index contributed by atoms with van der Waals surface area (Å²) in [5.74, 6) is 1.59. The third-order valence-corrected chi connectivity index (χ3v) is 3.40. The van der Waals surface area contributed by atoms with Crippen LogP contribution in [0.15, 0.2) is 24.3 Å².